The zero-order valence-corrected chi connectivity index (χ0v) is 18.6. The number of aliphatic hydroxyl groups is 1. The maximum atomic E-state index is 12.2. The molecule has 2 aromatic carbocycles. The zero-order valence-electron chi connectivity index (χ0n) is 17.8. The van der Waals surface area contributed by atoms with E-state index in [0.29, 0.717) is 13.1 Å². The number of unbranched alkanes of at least 4 members (excludes halogenated alkanes) is 6. The Hall–Kier alpha value is -1.69. The average molecular weight is 418 g/mol. The van der Waals surface area contributed by atoms with Crippen molar-refractivity contribution in [2.75, 3.05) is 12.8 Å². The van der Waals surface area contributed by atoms with Gasteiger partial charge < -0.3 is 5.11 Å². The highest BCUT2D eigenvalue weighted by Gasteiger charge is 2.16. The van der Waals surface area contributed by atoms with Crippen LogP contribution in [0.15, 0.2) is 48.5 Å². The highest BCUT2D eigenvalue weighted by molar-refractivity contribution is 7.88. The molecule has 0 atom stereocenters. The summed E-state index contributed by atoms with van der Waals surface area (Å²) in [5.41, 5.74) is 3.89. The summed E-state index contributed by atoms with van der Waals surface area (Å²) in [6.45, 7) is 3.18. The molecule has 1 N–H and O–H groups in total. The summed E-state index contributed by atoms with van der Waals surface area (Å²) in [5.74, 6) is 0. The second-order valence-corrected chi connectivity index (χ2v) is 9.71. The van der Waals surface area contributed by atoms with Crippen LogP contribution in [0.4, 0.5) is 0 Å². The van der Waals surface area contributed by atoms with E-state index in [9.17, 15) is 13.5 Å². The monoisotopic (exact) mass is 417 g/mol. The third-order valence-electron chi connectivity index (χ3n) is 5.29. The third-order valence-corrected chi connectivity index (χ3v) is 6.54. The Bertz CT molecular complexity index is 831. The van der Waals surface area contributed by atoms with E-state index in [2.05, 4.69) is 6.92 Å². The van der Waals surface area contributed by atoms with Crippen LogP contribution in [0.1, 0.15) is 63.0 Å². The van der Waals surface area contributed by atoms with Crippen molar-refractivity contribution in [3.05, 3.63) is 59.7 Å². The van der Waals surface area contributed by atoms with Gasteiger partial charge in [-0.25, -0.2) is 8.42 Å². The molecule has 0 saturated heterocycles. The molecule has 0 bridgehead atoms. The number of sulfonamides is 1. The van der Waals surface area contributed by atoms with Gasteiger partial charge in [-0.2, -0.15) is 4.31 Å². The van der Waals surface area contributed by atoms with Crippen molar-refractivity contribution in [3.63, 3.8) is 0 Å². The van der Waals surface area contributed by atoms with Gasteiger partial charge in [0.25, 0.3) is 0 Å². The zero-order chi connectivity index (χ0) is 21.1. The molecular formula is C24H35NO3S. The number of nitrogens with zero attached hydrogens (tertiary/aromatic N) is 1. The Kier molecular flexibility index (Phi) is 9.85. The molecular weight excluding hydrogens is 382 g/mol. The largest absolute Gasteiger partial charge is 0.392 e. The van der Waals surface area contributed by atoms with Crippen LogP contribution in [0, 0.1) is 0 Å². The molecule has 0 radical (unpaired) electrons. The van der Waals surface area contributed by atoms with Crippen LogP contribution in [-0.4, -0.2) is 30.6 Å². The van der Waals surface area contributed by atoms with Crippen molar-refractivity contribution < 1.29 is 13.5 Å². The summed E-state index contributed by atoms with van der Waals surface area (Å²) in [4.78, 5) is 0. The van der Waals surface area contributed by atoms with Gasteiger partial charge in [0.15, 0.2) is 0 Å². The van der Waals surface area contributed by atoms with Gasteiger partial charge in [-0.15, -0.1) is 0 Å². The number of hydrogen-bond donors (Lipinski definition) is 1. The molecule has 0 amide bonds. The molecule has 160 valence electrons. The summed E-state index contributed by atoms with van der Waals surface area (Å²) in [7, 11) is -3.24. The second-order valence-electron chi connectivity index (χ2n) is 7.73. The molecule has 0 heterocycles. The molecule has 0 aliphatic rings. The van der Waals surface area contributed by atoms with Crippen molar-refractivity contribution in [3.8, 4) is 11.1 Å². The molecule has 0 aromatic heterocycles. The van der Waals surface area contributed by atoms with E-state index < -0.39 is 10.0 Å². The summed E-state index contributed by atoms with van der Waals surface area (Å²) in [6, 6.07) is 15.7. The number of aliphatic hydroxyl groups excluding tert-OH is 1. The van der Waals surface area contributed by atoms with Crippen LogP contribution in [0.3, 0.4) is 0 Å². The van der Waals surface area contributed by atoms with E-state index in [4.69, 9.17) is 0 Å². The van der Waals surface area contributed by atoms with Gasteiger partial charge >= 0.3 is 0 Å². The molecule has 0 unspecified atom stereocenters. The van der Waals surface area contributed by atoms with Gasteiger partial charge in [0.1, 0.15) is 0 Å². The average Bonchev–Trinajstić information content (AvgIpc) is 2.72. The SMILES string of the molecule is CCCCCCCCCN(Cc1ccc(-c2ccccc2CO)cc1)S(C)(=O)=O. The van der Waals surface area contributed by atoms with Gasteiger partial charge in [-0.1, -0.05) is 94.0 Å². The highest BCUT2D eigenvalue weighted by Crippen LogP contribution is 2.24. The first-order valence-corrected chi connectivity index (χ1v) is 12.5. The van der Waals surface area contributed by atoms with E-state index >= 15 is 0 Å². The van der Waals surface area contributed by atoms with Crippen LogP contribution in [-0.2, 0) is 23.2 Å². The van der Waals surface area contributed by atoms with Crippen LogP contribution in [0.2, 0.25) is 0 Å². The first-order chi connectivity index (χ1) is 14.0. The molecule has 0 saturated carbocycles. The minimum absolute atomic E-state index is 0.00176. The minimum Gasteiger partial charge on any atom is -0.392 e. The summed E-state index contributed by atoms with van der Waals surface area (Å²) >= 11 is 0. The lowest BCUT2D eigenvalue weighted by Crippen LogP contribution is -2.30. The van der Waals surface area contributed by atoms with Crippen LogP contribution < -0.4 is 0 Å². The second kappa shape index (κ2) is 12.1. The van der Waals surface area contributed by atoms with Crippen LogP contribution >= 0.6 is 0 Å². The quantitative estimate of drug-likeness (QED) is 0.447. The summed E-state index contributed by atoms with van der Waals surface area (Å²) < 4.78 is 26.0. The molecule has 4 nitrogen and oxygen atoms in total. The van der Waals surface area contributed by atoms with Gasteiger partial charge in [0.2, 0.25) is 10.0 Å². The lowest BCUT2D eigenvalue weighted by atomic mass is 9.99. The fraction of sp³-hybridized carbons (Fsp3) is 0.500. The minimum atomic E-state index is -3.24. The smallest absolute Gasteiger partial charge is 0.211 e. The molecule has 0 fully saturated rings. The molecule has 29 heavy (non-hydrogen) atoms. The number of hydrogen-bond acceptors (Lipinski definition) is 3. The molecule has 2 aromatic rings. The molecule has 0 aliphatic carbocycles. The first kappa shape index (κ1) is 23.6. The fourth-order valence-electron chi connectivity index (χ4n) is 3.54. The van der Waals surface area contributed by atoms with Crippen LogP contribution in [0.25, 0.3) is 11.1 Å². The molecule has 5 heteroatoms. The van der Waals surface area contributed by atoms with Crippen molar-refractivity contribution in [2.45, 2.75) is 65.0 Å². The Balaban J connectivity index is 1.95. The molecule has 0 spiro atoms. The first-order valence-electron chi connectivity index (χ1n) is 10.7. The topological polar surface area (TPSA) is 57.6 Å². The van der Waals surface area contributed by atoms with E-state index in [1.54, 1.807) is 4.31 Å². The Morgan fingerprint density at radius 2 is 1.48 bits per heavy atom. The molecule has 0 aliphatic heterocycles. The highest BCUT2D eigenvalue weighted by atomic mass is 32.2. The van der Waals surface area contributed by atoms with Crippen molar-refractivity contribution in [1.82, 2.24) is 4.31 Å². The van der Waals surface area contributed by atoms with E-state index in [1.165, 1.54) is 38.4 Å². The summed E-state index contributed by atoms with van der Waals surface area (Å²) in [6.07, 6.45) is 9.49. The Labute approximate surface area is 176 Å². The molecule has 2 rings (SSSR count). The van der Waals surface area contributed by atoms with Crippen molar-refractivity contribution in [2.24, 2.45) is 0 Å². The van der Waals surface area contributed by atoms with Crippen molar-refractivity contribution in [1.29, 1.82) is 0 Å². The van der Waals surface area contributed by atoms with Gasteiger partial charge in [-0.05, 0) is 28.7 Å². The standard InChI is InChI=1S/C24H35NO3S/c1-3-4-5-6-7-8-11-18-25(29(2,27)28)19-21-14-16-22(17-15-21)24-13-10-9-12-23(24)20-26/h9-10,12-17,26H,3-8,11,18-20H2,1-2H3. The van der Waals surface area contributed by atoms with Crippen molar-refractivity contribution >= 4 is 10.0 Å². The van der Waals surface area contributed by atoms with Gasteiger partial charge in [0, 0.05) is 13.1 Å². The Morgan fingerprint density at radius 3 is 2.10 bits per heavy atom. The normalized spacial score (nSPS) is 11.9. The number of benzene rings is 2. The van der Waals surface area contributed by atoms with E-state index in [1.807, 2.05) is 48.5 Å². The lowest BCUT2D eigenvalue weighted by Gasteiger charge is -2.20. The maximum Gasteiger partial charge on any atom is 0.211 e. The van der Waals surface area contributed by atoms with Gasteiger partial charge in [0.05, 0.1) is 12.9 Å². The number of rotatable bonds is 13. The summed E-state index contributed by atoms with van der Waals surface area (Å²) in [5, 5.41) is 9.53. The van der Waals surface area contributed by atoms with Gasteiger partial charge in [-0.3, -0.25) is 0 Å². The predicted octanol–water partition coefficient (Wildman–Crippen LogP) is 5.36. The van der Waals surface area contributed by atoms with Crippen LogP contribution in [0.5, 0.6) is 0 Å². The maximum absolute atomic E-state index is 12.2. The van der Waals surface area contributed by atoms with E-state index in [-0.39, 0.29) is 6.61 Å². The van der Waals surface area contributed by atoms with E-state index in [0.717, 1.165) is 35.1 Å². The lowest BCUT2D eigenvalue weighted by molar-refractivity contribution is 0.282. The Morgan fingerprint density at radius 1 is 0.862 bits per heavy atom. The predicted molar refractivity (Wildman–Crippen MR) is 121 cm³/mol. The third kappa shape index (κ3) is 7.92. The fourth-order valence-corrected chi connectivity index (χ4v) is 4.38.